The third-order valence-electron chi connectivity index (χ3n) is 3.42. The Morgan fingerprint density at radius 2 is 1.27 bits per heavy atom. The van der Waals surface area contributed by atoms with Crippen molar-refractivity contribution in [1.82, 2.24) is 0 Å². The number of carbonyl (C=O) groups excluding carboxylic acids is 4. The van der Waals surface area contributed by atoms with Gasteiger partial charge in [0.15, 0.2) is 18.3 Å². The van der Waals surface area contributed by atoms with E-state index in [0.717, 1.165) is 6.92 Å². The van der Waals surface area contributed by atoms with Crippen molar-refractivity contribution in [2.45, 2.75) is 64.6 Å². The maximum absolute atomic E-state index is 11.6. The number of ether oxygens (including phenoxy) is 5. The van der Waals surface area contributed by atoms with Gasteiger partial charge in [0.1, 0.15) is 18.8 Å². The first kappa shape index (κ1) is 22.0. The molecule has 146 valence electrons. The third-order valence-corrected chi connectivity index (χ3v) is 3.61. The highest BCUT2D eigenvalue weighted by Gasteiger charge is 2.51. The summed E-state index contributed by atoms with van der Waals surface area (Å²) in [6.45, 7) is 4.48. The molecule has 0 radical (unpaired) electrons. The summed E-state index contributed by atoms with van der Waals surface area (Å²) in [5.41, 5.74) is 0. The maximum Gasteiger partial charge on any atom is 0.303 e. The summed E-state index contributed by atoms with van der Waals surface area (Å²) in [4.78, 5) is 45.7. The summed E-state index contributed by atoms with van der Waals surface area (Å²) in [5.74, 6) is -2.53. The van der Waals surface area contributed by atoms with Gasteiger partial charge in [-0.05, 0) is 5.37 Å². The molecule has 1 heterocycles. The van der Waals surface area contributed by atoms with Crippen LogP contribution in [0.25, 0.3) is 0 Å². The third kappa shape index (κ3) is 6.68. The average Bonchev–Trinajstić information content (AvgIpc) is 2.50. The lowest BCUT2D eigenvalue weighted by molar-refractivity contribution is -0.251. The van der Waals surface area contributed by atoms with Crippen molar-refractivity contribution >= 4 is 41.5 Å². The highest BCUT2D eigenvalue weighted by atomic mass is 32.1. The summed E-state index contributed by atoms with van der Waals surface area (Å²) < 4.78 is 26.5. The monoisotopic (exact) mass is 390 g/mol. The second-order valence-electron chi connectivity index (χ2n) is 5.64. The standard InChI is InChI=1S/C16H22O9S/c1-8(17)21-7-13-15(23-10(3)19)16(24-11(4)20)14(22-9(2)18)12(25-13)5-6-26/h6,12-16H,5,7H2,1-4H3/t12-,13+,14-,15+,16+/m0/s1. The predicted octanol–water partition coefficient (Wildman–Crippen LogP) is 0.502. The summed E-state index contributed by atoms with van der Waals surface area (Å²) in [6.07, 6.45) is -4.84. The molecule has 9 nitrogen and oxygen atoms in total. The molecule has 0 aromatic heterocycles. The van der Waals surface area contributed by atoms with E-state index in [1.807, 2.05) is 0 Å². The Balaban J connectivity index is 3.24. The molecule has 1 aliphatic rings. The van der Waals surface area contributed by atoms with Gasteiger partial charge in [-0.3, -0.25) is 19.2 Å². The molecule has 0 bridgehead atoms. The molecular formula is C16H22O9S. The van der Waals surface area contributed by atoms with E-state index >= 15 is 0 Å². The van der Waals surface area contributed by atoms with Crippen molar-refractivity contribution in [3.8, 4) is 0 Å². The lowest BCUT2D eigenvalue weighted by Gasteiger charge is -2.44. The van der Waals surface area contributed by atoms with Crippen LogP contribution in [0.4, 0.5) is 0 Å². The van der Waals surface area contributed by atoms with Crippen LogP contribution in [0.3, 0.4) is 0 Å². The van der Waals surface area contributed by atoms with Gasteiger partial charge in [0, 0.05) is 34.1 Å². The molecule has 0 aromatic carbocycles. The molecule has 0 aromatic rings. The highest BCUT2D eigenvalue weighted by Crippen LogP contribution is 2.30. The molecular weight excluding hydrogens is 368 g/mol. The Labute approximate surface area is 156 Å². The number of carbonyl (C=O) groups is 4. The Kier molecular flexibility index (Phi) is 8.59. The quantitative estimate of drug-likeness (QED) is 0.346. The average molecular weight is 390 g/mol. The van der Waals surface area contributed by atoms with Gasteiger partial charge in [0.25, 0.3) is 0 Å². The predicted molar refractivity (Wildman–Crippen MR) is 90.2 cm³/mol. The molecule has 1 rings (SSSR count). The molecule has 5 atom stereocenters. The Morgan fingerprint density at radius 3 is 1.69 bits per heavy atom. The van der Waals surface area contributed by atoms with Gasteiger partial charge in [0.05, 0.1) is 0 Å². The molecule has 0 aliphatic carbocycles. The van der Waals surface area contributed by atoms with Gasteiger partial charge >= 0.3 is 23.9 Å². The van der Waals surface area contributed by atoms with E-state index in [4.69, 9.17) is 35.9 Å². The Hall–Kier alpha value is -2.07. The Morgan fingerprint density at radius 1 is 0.808 bits per heavy atom. The minimum atomic E-state index is -1.14. The van der Waals surface area contributed by atoms with E-state index in [-0.39, 0.29) is 13.0 Å². The van der Waals surface area contributed by atoms with Crippen molar-refractivity contribution < 1.29 is 42.9 Å². The smallest absolute Gasteiger partial charge is 0.303 e. The number of hydrogen-bond acceptors (Lipinski definition) is 10. The normalized spacial score (nSPS) is 27.8. The lowest BCUT2D eigenvalue weighted by atomic mass is 9.93. The van der Waals surface area contributed by atoms with E-state index in [1.165, 1.54) is 26.1 Å². The van der Waals surface area contributed by atoms with Crippen molar-refractivity contribution in [3.63, 3.8) is 0 Å². The molecule has 1 fully saturated rings. The molecule has 0 N–H and O–H groups in total. The number of rotatable bonds is 7. The van der Waals surface area contributed by atoms with Gasteiger partial charge in [0.2, 0.25) is 0 Å². The van der Waals surface area contributed by atoms with E-state index in [0.29, 0.717) is 0 Å². The zero-order chi connectivity index (χ0) is 19.9. The van der Waals surface area contributed by atoms with Crippen LogP contribution in [0.2, 0.25) is 0 Å². The summed E-state index contributed by atoms with van der Waals surface area (Å²) in [6, 6.07) is 0. The van der Waals surface area contributed by atoms with Crippen LogP contribution in [0.15, 0.2) is 0 Å². The van der Waals surface area contributed by atoms with Crippen molar-refractivity contribution in [2.75, 3.05) is 6.61 Å². The second-order valence-corrected chi connectivity index (χ2v) is 5.97. The zero-order valence-electron chi connectivity index (χ0n) is 15.0. The van der Waals surface area contributed by atoms with Crippen molar-refractivity contribution in [2.24, 2.45) is 0 Å². The maximum atomic E-state index is 11.6. The highest BCUT2D eigenvalue weighted by molar-refractivity contribution is 7.78. The first-order valence-corrected chi connectivity index (χ1v) is 8.37. The number of esters is 4. The zero-order valence-corrected chi connectivity index (χ0v) is 15.8. The molecule has 0 unspecified atom stereocenters. The van der Waals surface area contributed by atoms with Crippen LogP contribution in [0.1, 0.15) is 34.1 Å². The summed E-state index contributed by atoms with van der Waals surface area (Å²) in [7, 11) is 0. The fourth-order valence-electron chi connectivity index (χ4n) is 2.60. The van der Waals surface area contributed by atoms with E-state index in [9.17, 15) is 19.2 Å². The number of thiocarbonyl (C=S) groups is 1. The van der Waals surface area contributed by atoms with Gasteiger partial charge in [-0.25, -0.2) is 0 Å². The van der Waals surface area contributed by atoms with Crippen LogP contribution in [0.5, 0.6) is 0 Å². The number of hydrogen-bond donors (Lipinski definition) is 0. The fraction of sp³-hybridized carbons (Fsp3) is 0.688. The van der Waals surface area contributed by atoms with Crippen LogP contribution in [-0.4, -0.2) is 66.4 Å². The molecule has 10 heteroatoms. The van der Waals surface area contributed by atoms with Crippen molar-refractivity contribution in [3.05, 3.63) is 0 Å². The fourth-order valence-corrected chi connectivity index (χ4v) is 2.79. The summed E-state index contributed by atoms with van der Waals surface area (Å²) >= 11 is 4.85. The van der Waals surface area contributed by atoms with E-state index in [1.54, 1.807) is 0 Å². The van der Waals surface area contributed by atoms with Crippen LogP contribution >= 0.6 is 12.2 Å². The van der Waals surface area contributed by atoms with Gasteiger partial charge in [-0.1, -0.05) is 12.2 Å². The second kappa shape index (κ2) is 10.2. The van der Waals surface area contributed by atoms with Gasteiger partial charge in [-0.2, -0.15) is 0 Å². The van der Waals surface area contributed by atoms with E-state index < -0.39 is 54.4 Å². The van der Waals surface area contributed by atoms with Gasteiger partial charge < -0.3 is 23.7 Å². The van der Waals surface area contributed by atoms with Crippen LogP contribution in [-0.2, 0) is 42.9 Å². The Bertz CT molecular complexity index is 562. The van der Waals surface area contributed by atoms with E-state index in [2.05, 4.69) is 0 Å². The molecule has 26 heavy (non-hydrogen) atoms. The largest absolute Gasteiger partial charge is 0.463 e. The topological polar surface area (TPSA) is 114 Å². The molecule has 0 saturated carbocycles. The minimum Gasteiger partial charge on any atom is -0.463 e. The molecule has 1 saturated heterocycles. The molecule has 1 aliphatic heterocycles. The lowest BCUT2D eigenvalue weighted by Crippen LogP contribution is -2.62. The molecule has 0 amide bonds. The van der Waals surface area contributed by atoms with Gasteiger partial charge in [-0.15, -0.1) is 0 Å². The first-order valence-electron chi connectivity index (χ1n) is 7.89. The van der Waals surface area contributed by atoms with Crippen LogP contribution in [0, 0.1) is 0 Å². The summed E-state index contributed by atoms with van der Waals surface area (Å²) in [5, 5.41) is 1.38. The van der Waals surface area contributed by atoms with Crippen LogP contribution < -0.4 is 0 Å². The van der Waals surface area contributed by atoms with Crippen molar-refractivity contribution in [1.29, 1.82) is 0 Å². The SMILES string of the molecule is CC(=O)OC[C@H]1O[C@@H](CC=S)[C@H](OC(C)=O)[C@@H](OC(C)=O)[C@@H]1OC(C)=O. The minimum absolute atomic E-state index is 0.189. The molecule has 0 spiro atoms. The first-order chi connectivity index (χ1) is 12.1.